The molecule has 1 N–H and O–H groups in total. The first kappa shape index (κ1) is 12.6. The highest BCUT2D eigenvalue weighted by Crippen LogP contribution is 2.21. The fourth-order valence-electron chi connectivity index (χ4n) is 1.57. The van der Waals surface area contributed by atoms with Crippen molar-refractivity contribution >= 4 is 15.7 Å². The van der Waals surface area contributed by atoms with E-state index in [2.05, 4.69) is 9.71 Å². The molecule has 0 radical (unpaired) electrons. The van der Waals surface area contributed by atoms with Crippen LogP contribution in [0.5, 0.6) is 0 Å². The third kappa shape index (κ3) is 2.51. The molecule has 0 spiro atoms. The second-order valence-electron chi connectivity index (χ2n) is 4.04. The molecule has 0 saturated carbocycles. The summed E-state index contributed by atoms with van der Waals surface area (Å²) in [5.41, 5.74) is 2.56. The predicted octanol–water partition coefficient (Wildman–Crippen LogP) is 2.50. The lowest BCUT2D eigenvalue weighted by Gasteiger charge is -2.11. The van der Waals surface area contributed by atoms with E-state index in [-0.39, 0.29) is 4.90 Å². The lowest BCUT2D eigenvalue weighted by molar-refractivity contribution is 0.601. The van der Waals surface area contributed by atoms with Crippen molar-refractivity contribution in [2.75, 3.05) is 4.72 Å². The molecule has 4 nitrogen and oxygen atoms in total. The molecule has 0 saturated heterocycles. The maximum atomic E-state index is 12.1. The Kier molecular flexibility index (Phi) is 3.34. The minimum absolute atomic E-state index is 0.158. The summed E-state index contributed by atoms with van der Waals surface area (Å²) < 4.78 is 26.8. The van der Waals surface area contributed by atoms with Crippen LogP contribution in [-0.2, 0) is 10.0 Å². The Morgan fingerprint density at radius 2 is 1.89 bits per heavy atom. The summed E-state index contributed by atoms with van der Waals surface area (Å²) in [6, 6.07) is 8.62. The molecule has 1 heterocycles. The molecule has 94 valence electrons. The van der Waals surface area contributed by atoms with Crippen molar-refractivity contribution in [3.05, 3.63) is 53.9 Å². The van der Waals surface area contributed by atoms with Crippen molar-refractivity contribution in [2.45, 2.75) is 18.7 Å². The highest BCUT2D eigenvalue weighted by Gasteiger charge is 2.15. The molecular weight excluding hydrogens is 248 g/mol. The van der Waals surface area contributed by atoms with Crippen LogP contribution in [-0.4, -0.2) is 13.4 Å². The van der Waals surface area contributed by atoms with E-state index < -0.39 is 10.0 Å². The van der Waals surface area contributed by atoms with Gasteiger partial charge in [-0.1, -0.05) is 12.1 Å². The van der Waals surface area contributed by atoms with Gasteiger partial charge in [0.05, 0.1) is 5.69 Å². The van der Waals surface area contributed by atoms with Gasteiger partial charge < -0.3 is 0 Å². The van der Waals surface area contributed by atoms with E-state index >= 15 is 0 Å². The Morgan fingerprint density at radius 3 is 2.56 bits per heavy atom. The highest BCUT2D eigenvalue weighted by molar-refractivity contribution is 7.92. The number of hydrogen-bond acceptors (Lipinski definition) is 3. The number of benzene rings is 1. The van der Waals surface area contributed by atoms with Crippen LogP contribution in [0.15, 0.2) is 47.6 Å². The van der Waals surface area contributed by atoms with Crippen molar-refractivity contribution in [2.24, 2.45) is 0 Å². The number of rotatable bonds is 3. The van der Waals surface area contributed by atoms with Gasteiger partial charge in [-0.05, 0) is 43.2 Å². The lowest BCUT2D eigenvalue weighted by atomic mass is 10.1. The molecule has 0 unspecified atom stereocenters. The Morgan fingerprint density at radius 1 is 1.11 bits per heavy atom. The molecule has 0 aliphatic carbocycles. The van der Waals surface area contributed by atoms with Gasteiger partial charge in [-0.25, -0.2) is 8.42 Å². The molecule has 0 aliphatic heterocycles. The van der Waals surface area contributed by atoms with E-state index in [0.717, 1.165) is 11.1 Å². The zero-order valence-electron chi connectivity index (χ0n) is 10.2. The smallest absolute Gasteiger partial charge is 0.263 e. The molecule has 2 rings (SSSR count). The summed E-state index contributed by atoms with van der Waals surface area (Å²) in [4.78, 5) is 3.97. The van der Waals surface area contributed by atoms with E-state index in [1.807, 2.05) is 26.0 Å². The Balaban J connectivity index is 2.37. The van der Waals surface area contributed by atoms with Gasteiger partial charge in [-0.2, -0.15) is 0 Å². The van der Waals surface area contributed by atoms with Crippen LogP contribution in [0.2, 0.25) is 0 Å². The normalized spacial score (nSPS) is 11.2. The van der Waals surface area contributed by atoms with E-state index in [1.165, 1.54) is 18.5 Å². The van der Waals surface area contributed by atoms with E-state index in [0.29, 0.717) is 5.69 Å². The van der Waals surface area contributed by atoms with E-state index in [4.69, 9.17) is 0 Å². The molecule has 0 fully saturated rings. The van der Waals surface area contributed by atoms with Crippen molar-refractivity contribution in [3.63, 3.8) is 0 Å². The molecule has 0 bridgehead atoms. The topological polar surface area (TPSA) is 59.1 Å². The van der Waals surface area contributed by atoms with Crippen LogP contribution in [0.4, 0.5) is 5.69 Å². The Hall–Kier alpha value is -1.88. The average Bonchev–Trinajstić information content (AvgIpc) is 2.36. The fraction of sp³-hybridized carbons (Fsp3) is 0.154. The zero-order valence-corrected chi connectivity index (χ0v) is 11.0. The molecular formula is C13H14N2O2S. The van der Waals surface area contributed by atoms with Crippen LogP contribution < -0.4 is 4.72 Å². The first-order valence-electron chi connectivity index (χ1n) is 5.50. The third-order valence-corrected chi connectivity index (χ3v) is 4.14. The number of hydrogen-bond donors (Lipinski definition) is 1. The molecule has 0 amide bonds. The second-order valence-corrected chi connectivity index (χ2v) is 5.72. The monoisotopic (exact) mass is 262 g/mol. The zero-order chi connectivity index (χ0) is 13.2. The van der Waals surface area contributed by atoms with Crippen LogP contribution in [0.1, 0.15) is 11.1 Å². The average molecular weight is 262 g/mol. The first-order valence-corrected chi connectivity index (χ1v) is 6.98. The quantitative estimate of drug-likeness (QED) is 0.924. The Labute approximate surface area is 107 Å². The number of nitrogens with zero attached hydrogens (tertiary/aromatic N) is 1. The maximum Gasteiger partial charge on any atom is 0.263 e. The standard InChI is InChI=1S/C13H14N2O2S/c1-10-5-3-7-13(11(10)2)15-18(16,17)12-6-4-8-14-9-12/h3-9,15H,1-2H3. The molecule has 1 aromatic heterocycles. The first-order chi connectivity index (χ1) is 8.50. The summed E-state index contributed by atoms with van der Waals surface area (Å²) in [6.45, 7) is 3.83. The summed E-state index contributed by atoms with van der Waals surface area (Å²) in [7, 11) is -3.57. The fourth-order valence-corrected chi connectivity index (χ4v) is 2.66. The van der Waals surface area contributed by atoms with Gasteiger partial charge in [-0.3, -0.25) is 9.71 Å². The molecule has 2 aromatic rings. The number of aryl methyl sites for hydroxylation is 1. The van der Waals surface area contributed by atoms with Crippen LogP contribution in [0, 0.1) is 13.8 Å². The van der Waals surface area contributed by atoms with Gasteiger partial charge in [0.2, 0.25) is 0 Å². The van der Waals surface area contributed by atoms with Crippen molar-refractivity contribution in [1.82, 2.24) is 4.98 Å². The summed E-state index contributed by atoms with van der Waals surface area (Å²) in [6.07, 6.45) is 2.87. The summed E-state index contributed by atoms with van der Waals surface area (Å²) in [5.74, 6) is 0. The maximum absolute atomic E-state index is 12.1. The molecule has 18 heavy (non-hydrogen) atoms. The highest BCUT2D eigenvalue weighted by atomic mass is 32.2. The van der Waals surface area contributed by atoms with Gasteiger partial charge in [0.1, 0.15) is 4.90 Å². The van der Waals surface area contributed by atoms with Crippen LogP contribution in [0.3, 0.4) is 0 Å². The van der Waals surface area contributed by atoms with Gasteiger partial charge in [0.15, 0.2) is 0 Å². The van der Waals surface area contributed by atoms with Crippen molar-refractivity contribution < 1.29 is 8.42 Å². The number of sulfonamides is 1. The number of anilines is 1. The van der Waals surface area contributed by atoms with Crippen LogP contribution in [0.25, 0.3) is 0 Å². The minimum atomic E-state index is -3.57. The molecule has 0 aliphatic rings. The Bertz CT molecular complexity index is 652. The van der Waals surface area contributed by atoms with Gasteiger partial charge in [0, 0.05) is 12.4 Å². The van der Waals surface area contributed by atoms with Gasteiger partial charge in [-0.15, -0.1) is 0 Å². The predicted molar refractivity (Wildman–Crippen MR) is 71.0 cm³/mol. The molecule has 0 atom stereocenters. The SMILES string of the molecule is Cc1cccc(NS(=O)(=O)c2cccnc2)c1C. The minimum Gasteiger partial charge on any atom is -0.279 e. The number of pyridine rings is 1. The van der Waals surface area contributed by atoms with E-state index in [1.54, 1.807) is 12.1 Å². The van der Waals surface area contributed by atoms with Crippen molar-refractivity contribution in [1.29, 1.82) is 0 Å². The molecule has 5 heteroatoms. The number of aromatic nitrogens is 1. The number of nitrogens with one attached hydrogen (secondary N) is 1. The van der Waals surface area contributed by atoms with Crippen molar-refractivity contribution in [3.8, 4) is 0 Å². The van der Waals surface area contributed by atoms with Gasteiger partial charge in [0.25, 0.3) is 10.0 Å². The second kappa shape index (κ2) is 4.78. The summed E-state index contributed by atoms with van der Waals surface area (Å²) in [5, 5.41) is 0. The summed E-state index contributed by atoms with van der Waals surface area (Å²) >= 11 is 0. The largest absolute Gasteiger partial charge is 0.279 e. The van der Waals surface area contributed by atoms with E-state index in [9.17, 15) is 8.42 Å². The lowest BCUT2D eigenvalue weighted by Crippen LogP contribution is -2.14. The van der Waals surface area contributed by atoms with Crippen LogP contribution >= 0.6 is 0 Å². The molecule has 1 aromatic carbocycles. The van der Waals surface area contributed by atoms with Gasteiger partial charge >= 0.3 is 0 Å². The third-order valence-electron chi connectivity index (χ3n) is 2.79.